The third-order valence-electron chi connectivity index (χ3n) is 7.09. The van der Waals surface area contributed by atoms with Gasteiger partial charge in [0.05, 0.1) is 29.8 Å². The Balaban J connectivity index is 2.25. The number of carbonyl (C=O) groups is 1. The SMILES string of the molecule is CC(C)(CO)C[C@@H]1N[C@@H](C(=O)NCC[C@H](O)CO)[C@H](c2cccc(Cl)c2F)[C@@]1(C#N)c1ccc(Cl)cc1F. The predicted octanol–water partition coefficient (Wildman–Crippen LogP) is 3.43. The van der Waals surface area contributed by atoms with Crippen LogP contribution in [0.25, 0.3) is 0 Å². The number of rotatable bonds is 10. The van der Waals surface area contributed by atoms with E-state index < -0.39 is 59.1 Å². The first-order chi connectivity index (χ1) is 17.9. The maximum atomic E-state index is 15.6. The summed E-state index contributed by atoms with van der Waals surface area (Å²) in [5.41, 5.74) is -2.71. The van der Waals surface area contributed by atoms with E-state index in [1.807, 2.05) is 0 Å². The second-order valence-electron chi connectivity index (χ2n) is 10.4. The molecular formula is C27H31Cl2F2N3O4. The van der Waals surface area contributed by atoms with Gasteiger partial charge in [-0.15, -0.1) is 0 Å². The van der Waals surface area contributed by atoms with E-state index in [1.54, 1.807) is 13.8 Å². The van der Waals surface area contributed by atoms with Crippen molar-refractivity contribution in [2.45, 2.75) is 56.2 Å². The van der Waals surface area contributed by atoms with Crippen molar-refractivity contribution in [1.82, 2.24) is 10.6 Å². The number of halogens is 4. The van der Waals surface area contributed by atoms with E-state index in [1.165, 1.54) is 30.3 Å². The molecule has 5 atom stereocenters. The Labute approximate surface area is 230 Å². The first kappa shape index (κ1) is 30.2. The monoisotopic (exact) mass is 569 g/mol. The maximum absolute atomic E-state index is 15.6. The van der Waals surface area contributed by atoms with Crippen molar-refractivity contribution in [3.05, 3.63) is 69.2 Å². The van der Waals surface area contributed by atoms with Crippen LogP contribution in [0, 0.1) is 28.4 Å². The molecule has 0 aliphatic carbocycles. The topological polar surface area (TPSA) is 126 Å². The van der Waals surface area contributed by atoms with Crippen LogP contribution >= 0.6 is 23.2 Å². The second kappa shape index (κ2) is 12.2. The van der Waals surface area contributed by atoms with Gasteiger partial charge in [-0.25, -0.2) is 8.78 Å². The largest absolute Gasteiger partial charge is 0.396 e. The number of aliphatic hydroxyl groups is 3. The summed E-state index contributed by atoms with van der Waals surface area (Å²) < 4.78 is 31.1. The highest BCUT2D eigenvalue weighted by Crippen LogP contribution is 2.52. The molecule has 206 valence electrons. The van der Waals surface area contributed by atoms with Crippen molar-refractivity contribution in [2.75, 3.05) is 19.8 Å². The molecule has 1 saturated heterocycles. The molecule has 1 aliphatic heterocycles. The minimum absolute atomic E-state index is 0.00878. The van der Waals surface area contributed by atoms with Crippen LogP contribution in [0.4, 0.5) is 8.78 Å². The van der Waals surface area contributed by atoms with Gasteiger partial charge in [0.2, 0.25) is 5.91 Å². The highest BCUT2D eigenvalue weighted by Gasteiger charge is 2.61. The lowest BCUT2D eigenvalue weighted by molar-refractivity contribution is -0.123. The molecule has 1 amide bonds. The van der Waals surface area contributed by atoms with Crippen LogP contribution in [-0.2, 0) is 10.2 Å². The molecule has 0 unspecified atom stereocenters. The van der Waals surface area contributed by atoms with Crippen molar-refractivity contribution >= 4 is 29.1 Å². The Morgan fingerprint density at radius 1 is 1.26 bits per heavy atom. The summed E-state index contributed by atoms with van der Waals surface area (Å²) in [5, 5.41) is 45.2. The fourth-order valence-corrected chi connectivity index (χ4v) is 5.47. The zero-order chi connectivity index (χ0) is 28.3. The molecule has 1 heterocycles. The van der Waals surface area contributed by atoms with Crippen molar-refractivity contribution < 1.29 is 28.9 Å². The summed E-state index contributed by atoms with van der Waals surface area (Å²) >= 11 is 12.1. The standard InChI is InChI=1S/C27H31Cl2F2N3O4/c1-26(2,14-36)11-21-27(13-32,18-7-6-15(28)10-20(18)30)22(17-4-3-5-19(29)23(17)31)24(34-21)25(38)33-9-8-16(37)12-35/h3-7,10,16,21-22,24,34-37H,8-9,11-12,14H2,1-2H3,(H,33,38)/t16-,21-,22-,24+,27-/m0/s1. The Morgan fingerprint density at radius 3 is 2.58 bits per heavy atom. The van der Waals surface area contributed by atoms with Crippen LogP contribution < -0.4 is 10.6 Å². The summed E-state index contributed by atoms with van der Waals surface area (Å²) in [7, 11) is 0. The van der Waals surface area contributed by atoms with Gasteiger partial charge in [-0.05, 0) is 42.0 Å². The number of aliphatic hydroxyl groups excluding tert-OH is 3. The molecule has 0 bridgehead atoms. The number of amides is 1. The van der Waals surface area contributed by atoms with Crippen molar-refractivity contribution in [2.24, 2.45) is 5.41 Å². The highest BCUT2D eigenvalue weighted by atomic mass is 35.5. The van der Waals surface area contributed by atoms with Gasteiger partial charge in [-0.2, -0.15) is 5.26 Å². The van der Waals surface area contributed by atoms with E-state index in [9.17, 15) is 20.3 Å². The molecular weight excluding hydrogens is 539 g/mol. The fraction of sp³-hybridized carbons (Fsp3) is 0.481. The Kier molecular flexibility index (Phi) is 9.74. The first-order valence-electron chi connectivity index (χ1n) is 12.2. The van der Waals surface area contributed by atoms with Crippen LogP contribution in [0.15, 0.2) is 36.4 Å². The number of benzene rings is 2. The van der Waals surface area contributed by atoms with E-state index in [4.69, 9.17) is 28.3 Å². The molecule has 7 nitrogen and oxygen atoms in total. The van der Waals surface area contributed by atoms with Gasteiger partial charge in [0.15, 0.2) is 0 Å². The van der Waals surface area contributed by atoms with Crippen molar-refractivity contribution in [3.63, 3.8) is 0 Å². The Morgan fingerprint density at radius 2 is 1.97 bits per heavy atom. The molecule has 0 spiro atoms. The number of hydrogen-bond donors (Lipinski definition) is 5. The van der Waals surface area contributed by atoms with E-state index >= 15 is 8.78 Å². The number of nitrogens with one attached hydrogen (secondary N) is 2. The summed E-state index contributed by atoms with van der Waals surface area (Å²) in [4.78, 5) is 13.5. The van der Waals surface area contributed by atoms with E-state index in [-0.39, 0.29) is 47.2 Å². The number of carbonyl (C=O) groups excluding carboxylic acids is 1. The Bertz CT molecular complexity index is 1210. The van der Waals surface area contributed by atoms with Gasteiger partial charge in [-0.3, -0.25) is 4.79 Å². The first-order valence-corrected chi connectivity index (χ1v) is 12.9. The summed E-state index contributed by atoms with van der Waals surface area (Å²) in [6.07, 6.45) is -0.862. The summed E-state index contributed by atoms with van der Waals surface area (Å²) in [6, 6.07) is 8.15. The molecule has 0 aromatic heterocycles. The van der Waals surface area contributed by atoms with Gasteiger partial charge in [0.1, 0.15) is 17.0 Å². The van der Waals surface area contributed by atoms with Gasteiger partial charge in [-0.1, -0.05) is 55.2 Å². The Hall–Kier alpha value is -2.32. The average Bonchev–Trinajstić information content (AvgIpc) is 3.19. The lowest BCUT2D eigenvalue weighted by atomic mass is 9.62. The predicted molar refractivity (Wildman–Crippen MR) is 140 cm³/mol. The number of hydrogen-bond acceptors (Lipinski definition) is 6. The molecule has 0 radical (unpaired) electrons. The smallest absolute Gasteiger partial charge is 0.237 e. The third kappa shape index (κ3) is 5.96. The van der Waals surface area contributed by atoms with E-state index in [0.29, 0.717) is 0 Å². The van der Waals surface area contributed by atoms with Gasteiger partial charge in [0, 0.05) is 35.7 Å². The molecule has 11 heteroatoms. The lowest BCUT2D eigenvalue weighted by Crippen LogP contribution is -2.46. The molecule has 5 N–H and O–H groups in total. The molecule has 1 aliphatic rings. The van der Waals surface area contributed by atoms with Gasteiger partial charge >= 0.3 is 0 Å². The van der Waals surface area contributed by atoms with Crippen molar-refractivity contribution in [1.29, 1.82) is 5.26 Å². The second-order valence-corrected chi connectivity index (χ2v) is 11.2. The molecule has 1 fully saturated rings. The highest BCUT2D eigenvalue weighted by molar-refractivity contribution is 6.31. The van der Waals surface area contributed by atoms with E-state index in [0.717, 1.165) is 6.07 Å². The minimum atomic E-state index is -1.82. The quantitative estimate of drug-likeness (QED) is 0.298. The fourth-order valence-electron chi connectivity index (χ4n) is 5.12. The average molecular weight is 570 g/mol. The van der Waals surface area contributed by atoms with Crippen LogP contribution in [0.3, 0.4) is 0 Å². The van der Waals surface area contributed by atoms with Crippen LogP contribution in [-0.4, -0.2) is 59.2 Å². The zero-order valence-corrected chi connectivity index (χ0v) is 22.5. The minimum Gasteiger partial charge on any atom is -0.396 e. The third-order valence-corrected chi connectivity index (χ3v) is 7.61. The van der Waals surface area contributed by atoms with Gasteiger partial charge in [0.25, 0.3) is 0 Å². The number of nitrogens with zero attached hydrogens (tertiary/aromatic N) is 1. The molecule has 2 aromatic carbocycles. The number of nitriles is 1. The van der Waals surface area contributed by atoms with Crippen LogP contribution in [0.2, 0.25) is 10.0 Å². The molecule has 0 saturated carbocycles. The van der Waals surface area contributed by atoms with Crippen molar-refractivity contribution in [3.8, 4) is 6.07 Å². The van der Waals surface area contributed by atoms with Crippen LogP contribution in [0.1, 0.15) is 43.7 Å². The van der Waals surface area contributed by atoms with E-state index in [2.05, 4.69) is 16.7 Å². The maximum Gasteiger partial charge on any atom is 0.237 e. The lowest BCUT2D eigenvalue weighted by Gasteiger charge is -2.38. The van der Waals surface area contributed by atoms with Crippen LogP contribution in [0.5, 0.6) is 0 Å². The molecule has 3 rings (SSSR count). The van der Waals surface area contributed by atoms with Gasteiger partial charge < -0.3 is 26.0 Å². The zero-order valence-electron chi connectivity index (χ0n) is 21.0. The summed E-state index contributed by atoms with van der Waals surface area (Å²) in [5.74, 6) is -3.50. The molecule has 2 aromatic rings. The summed E-state index contributed by atoms with van der Waals surface area (Å²) in [6.45, 7) is 2.76. The molecule has 38 heavy (non-hydrogen) atoms. The normalized spacial score (nSPS) is 24.2.